The lowest BCUT2D eigenvalue weighted by Gasteiger charge is -2.21. The molecule has 0 aliphatic heterocycles. The van der Waals surface area contributed by atoms with E-state index in [0.29, 0.717) is 12.3 Å². The second-order valence-electron chi connectivity index (χ2n) is 5.65. The van der Waals surface area contributed by atoms with Gasteiger partial charge < -0.3 is 20.5 Å². The number of ether oxygens (including phenoxy) is 1. The quantitative estimate of drug-likeness (QED) is 0.678. The molecule has 0 heterocycles. The SMILES string of the molecule is COc1ccc(F)cc1NC(=O)NCCCC(C)(C)CO. The van der Waals surface area contributed by atoms with E-state index >= 15 is 0 Å². The summed E-state index contributed by atoms with van der Waals surface area (Å²) in [7, 11) is 1.45. The van der Waals surface area contributed by atoms with E-state index in [-0.39, 0.29) is 17.7 Å². The van der Waals surface area contributed by atoms with Crippen molar-refractivity contribution in [3.63, 3.8) is 0 Å². The van der Waals surface area contributed by atoms with Crippen LogP contribution >= 0.6 is 0 Å². The highest BCUT2D eigenvalue weighted by Gasteiger charge is 2.15. The normalized spacial score (nSPS) is 11.1. The first-order valence-electron chi connectivity index (χ1n) is 6.87. The fourth-order valence-electron chi connectivity index (χ4n) is 1.79. The highest BCUT2D eigenvalue weighted by Crippen LogP contribution is 2.24. The van der Waals surface area contributed by atoms with Crippen molar-refractivity contribution in [3.8, 4) is 5.75 Å². The minimum atomic E-state index is -0.448. The number of hydrogen-bond donors (Lipinski definition) is 3. The summed E-state index contributed by atoms with van der Waals surface area (Å²) in [6.45, 7) is 4.52. The van der Waals surface area contributed by atoms with Crippen LogP contribution in [0.3, 0.4) is 0 Å². The Morgan fingerprint density at radius 2 is 2.14 bits per heavy atom. The molecule has 0 spiro atoms. The maximum absolute atomic E-state index is 13.2. The van der Waals surface area contributed by atoms with Crippen LogP contribution < -0.4 is 15.4 Å². The first-order chi connectivity index (χ1) is 9.88. The Morgan fingerprint density at radius 1 is 1.43 bits per heavy atom. The smallest absolute Gasteiger partial charge is 0.319 e. The molecule has 0 aromatic heterocycles. The van der Waals surface area contributed by atoms with Crippen molar-refractivity contribution in [2.24, 2.45) is 5.41 Å². The number of nitrogens with one attached hydrogen (secondary N) is 2. The zero-order chi connectivity index (χ0) is 15.9. The van der Waals surface area contributed by atoms with Gasteiger partial charge in [-0.05, 0) is 30.4 Å². The molecule has 1 aromatic carbocycles. The predicted octanol–water partition coefficient (Wildman–Crippen LogP) is 2.75. The van der Waals surface area contributed by atoms with Gasteiger partial charge in [0.15, 0.2) is 0 Å². The number of amides is 2. The summed E-state index contributed by atoms with van der Waals surface area (Å²) in [5, 5.41) is 14.4. The first-order valence-corrected chi connectivity index (χ1v) is 6.87. The monoisotopic (exact) mass is 298 g/mol. The van der Waals surface area contributed by atoms with E-state index in [9.17, 15) is 9.18 Å². The van der Waals surface area contributed by atoms with Gasteiger partial charge in [0, 0.05) is 19.2 Å². The molecule has 2 amide bonds. The van der Waals surface area contributed by atoms with Crippen molar-refractivity contribution in [2.45, 2.75) is 26.7 Å². The average Bonchev–Trinajstić information content (AvgIpc) is 2.44. The molecule has 0 saturated carbocycles. The van der Waals surface area contributed by atoms with Crippen molar-refractivity contribution in [1.29, 1.82) is 0 Å². The van der Waals surface area contributed by atoms with Crippen LogP contribution in [0, 0.1) is 11.2 Å². The molecule has 5 nitrogen and oxygen atoms in total. The summed E-state index contributed by atoms with van der Waals surface area (Å²) in [6.07, 6.45) is 1.55. The van der Waals surface area contributed by atoms with Crippen molar-refractivity contribution in [2.75, 3.05) is 25.6 Å². The number of carbonyl (C=O) groups is 1. The Labute approximate surface area is 124 Å². The molecule has 0 bridgehead atoms. The zero-order valence-corrected chi connectivity index (χ0v) is 12.7. The van der Waals surface area contributed by atoms with Gasteiger partial charge in [0.05, 0.1) is 12.8 Å². The van der Waals surface area contributed by atoms with Crippen molar-refractivity contribution >= 4 is 11.7 Å². The molecule has 6 heteroatoms. The highest BCUT2D eigenvalue weighted by molar-refractivity contribution is 5.90. The van der Waals surface area contributed by atoms with Crippen LogP contribution in [0.1, 0.15) is 26.7 Å². The summed E-state index contributed by atoms with van der Waals surface area (Å²) in [4.78, 5) is 11.7. The lowest BCUT2D eigenvalue weighted by atomic mass is 9.89. The van der Waals surface area contributed by atoms with Crippen LogP contribution in [0.2, 0.25) is 0 Å². The maximum Gasteiger partial charge on any atom is 0.319 e. The molecule has 0 aliphatic carbocycles. The number of hydrogen-bond acceptors (Lipinski definition) is 3. The Morgan fingerprint density at radius 3 is 2.76 bits per heavy atom. The van der Waals surface area contributed by atoms with Gasteiger partial charge in [0.2, 0.25) is 0 Å². The van der Waals surface area contributed by atoms with Gasteiger partial charge in [-0.15, -0.1) is 0 Å². The lowest BCUT2D eigenvalue weighted by molar-refractivity contribution is 0.148. The molecule has 1 rings (SSSR count). The predicted molar refractivity (Wildman–Crippen MR) is 80.1 cm³/mol. The fraction of sp³-hybridized carbons (Fsp3) is 0.533. The van der Waals surface area contributed by atoms with Gasteiger partial charge >= 0.3 is 6.03 Å². The number of anilines is 1. The number of carbonyl (C=O) groups excluding carboxylic acids is 1. The van der Waals surface area contributed by atoms with Gasteiger partial charge in [-0.25, -0.2) is 9.18 Å². The second-order valence-corrected chi connectivity index (χ2v) is 5.65. The standard InChI is InChI=1S/C15H23FN2O3/c1-15(2,10-19)7-4-8-17-14(20)18-12-9-11(16)5-6-13(12)21-3/h5-6,9,19H,4,7-8,10H2,1-3H3,(H2,17,18,20). The number of urea groups is 1. The van der Waals surface area contributed by atoms with Gasteiger partial charge in [-0.1, -0.05) is 13.8 Å². The zero-order valence-electron chi connectivity index (χ0n) is 12.7. The largest absolute Gasteiger partial charge is 0.495 e. The minimum absolute atomic E-state index is 0.111. The molecular formula is C15H23FN2O3. The Balaban J connectivity index is 2.42. The molecule has 0 fully saturated rings. The van der Waals surface area contributed by atoms with Crippen molar-refractivity contribution < 1.29 is 19.0 Å². The van der Waals surface area contributed by atoms with E-state index in [1.165, 1.54) is 25.3 Å². The topological polar surface area (TPSA) is 70.6 Å². The summed E-state index contributed by atoms with van der Waals surface area (Å²) < 4.78 is 18.2. The molecule has 3 N–H and O–H groups in total. The van der Waals surface area contributed by atoms with Crippen LogP contribution in [-0.2, 0) is 0 Å². The van der Waals surface area contributed by atoms with E-state index in [2.05, 4.69) is 10.6 Å². The van der Waals surface area contributed by atoms with E-state index in [1.807, 2.05) is 13.8 Å². The molecule has 0 atom stereocenters. The fourth-order valence-corrected chi connectivity index (χ4v) is 1.79. The minimum Gasteiger partial charge on any atom is -0.495 e. The van der Waals surface area contributed by atoms with Gasteiger partial charge in [-0.3, -0.25) is 0 Å². The van der Waals surface area contributed by atoms with Crippen LogP contribution in [0.5, 0.6) is 5.75 Å². The van der Waals surface area contributed by atoms with Crippen LogP contribution in [0.15, 0.2) is 18.2 Å². The Kier molecular flexibility index (Phi) is 6.42. The van der Waals surface area contributed by atoms with Gasteiger partial charge in [-0.2, -0.15) is 0 Å². The molecule has 0 saturated heterocycles. The number of rotatable bonds is 7. The maximum atomic E-state index is 13.2. The van der Waals surface area contributed by atoms with Gasteiger partial charge in [0.25, 0.3) is 0 Å². The molecule has 118 valence electrons. The van der Waals surface area contributed by atoms with Crippen LogP contribution in [0.25, 0.3) is 0 Å². The third kappa shape index (κ3) is 5.99. The number of benzene rings is 1. The summed E-state index contributed by atoms with van der Waals surface area (Å²) in [5.74, 6) is -0.0521. The van der Waals surface area contributed by atoms with E-state index < -0.39 is 11.8 Å². The Hall–Kier alpha value is -1.82. The summed E-state index contributed by atoms with van der Waals surface area (Å²) >= 11 is 0. The third-order valence-electron chi connectivity index (χ3n) is 3.15. The van der Waals surface area contributed by atoms with Crippen molar-refractivity contribution in [3.05, 3.63) is 24.0 Å². The van der Waals surface area contributed by atoms with E-state index in [1.54, 1.807) is 0 Å². The van der Waals surface area contributed by atoms with Crippen LogP contribution in [0.4, 0.5) is 14.9 Å². The molecule has 1 aromatic rings. The van der Waals surface area contributed by atoms with E-state index in [4.69, 9.17) is 9.84 Å². The number of aliphatic hydroxyl groups is 1. The number of methoxy groups -OCH3 is 1. The summed E-state index contributed by atoms with van der Waals surface area (Å²) in [5.41, 5.74) is 0.134. The lowest BCUT2D eigenvalue weighted by Crippen LogP contribution is -2.30. The summed E-state index contributed by atoms with van der Waals surface area (Å²) in [6, 6.07) is 3.50. The third-order valence-corrected chi connectivity index (χ3v) is 3.15. The number of halogens is 1. The second kappa shape index (κ2) is 7.83. The molecule has 21 heavy (non-hydrogen) atoms. The van der Waals surface area contributed by atoms with E-state index in [0.717, 1.165) is 12.8 Å². The Bertz CT molecular complexity index is 478. The molecule has 0 unspecified atom stereocenters. The average molecular weight is 298 g/mol. The van der Waals surface area contributed by atoms with Gasteiger partial charge in [0.1, 0.15) is 11.6 Å². The molecule has 0 aliphatic rings. The molecule has 0 radical (unpaired) electrons. The molecular weight excluding hydrogens is 275 g/mol. The van der Waals surface area contributed by atoms with Crippen molar-refractivity contribution in [1.82, 2.24) is 5.32 Å². The van der Waals surface area contributed by atoms with Crippen LogP contribution in [-0.4, -0.2) is 31.4 Å². The number of aliphatic hydroxyl groups excluding tert-OH is 1. The highest BCUT2D eigenvalue weighted by atomic mass is 19.1. The first kappa shape index (κ1) is 17.2.